The van der Waals surface area contributed by atoms with Gasteiger partial charge in [0, 0.05) is 36.9 Å². The van der Waals surface area contributed by atoms with E-state index in [4.69, 9.17) is 13.9 Å². The number of ketones is 1. The number of Topliss-reactive ketones (excluding diaryl/α,β-unsaturated/α-hetero) is 1. The molecule has 148 valence electrons. The molecule has 8 heteroatoms. The molecule has 0 saturated carbocycles. The van der Waals surface area contributed by atoms with Crippen LogP contribution in [0.25, 0.3) is 0 Å². The molecule has 2 aromatic rings. The van der Waals surface area contributed by atoms with E-state index in [2.05, 4.69) is 10.6 Å². The number of fused-ring (bicyclic) bond motifs is 1. The minimum Gasteiger partial charge on any atom is -0.455 e. The quantitative estimate of drug-likeness (QED) is 0.735. The van der Waals surface area contributed by atoms with Crippen LogP contribution in [-0.4, -0.2) is 38.1 Å². The summed E-state index contributed by atoms with van der Waals surface area (Å²) in [5, 5.41) is 5.31. The van der Waals surface area contributed by atoms with Gasteiger partial charge in [0.25, 0.3) is 5.91 Å². The fraction of sp³-hybridized carbons (Fsp3) is 0.350. The molecule has 0 atom stereocenters. The Morgan fingerprint density at radius 3 is 2.61 bits per heavy atom. The Kier molecular flexibility index (Phi) is 6.10. The van der Waals surface area contributed by atoms with Crippen LogP contribution in [0.3, 0.4) is 0 Å². The van der Waals surface area contributed by atoms with E-state index < -0.39 is 12.0 Å². The molecule has 0 fully saturated rings. The minimum atomic E-state index is -0.617. The maximum absolute atomic E-state index is 12.6. The number of nitrogens with one attached hydrogen (secondary N) is 2. The van der Waals surface area contributed by atoms with E-state index >= 15 is 0 Å². The summed E-state index contributed by atoms with van der Waals surface area (Å²) in [6.45, 7) is 2.16. The fourth-order valence-electron chi connectivity index (χ4n) is 3.10. The first kappa shape index (κ1) is 19.6. The Morgan fingerprint density at radius 1 is 1.14 bits per heavy atom. The van der Waals surface area contributed by atoms with E-state index in [-0.39, 0.29) is 18.2 Å². The molecule has 0 aliphatic heterocycles. The summed E-state index contributed by atoms with van der Waals surface area (Å²) in [6, 6.07) is 6.63. The number of carbonyl (C=O) groups excluding carboxylic acids is 3. The van der Waals surface area contributed by atoms with Crippen molar-refractivity contribution in [2.75, 3.05) is 31.0 Å². The molecule has 1 aliphatic rings. The number of amides is 2. The monoisotopic (exact) mass is 386 g/mol. The van der Waals surface area contributed by atoms with Crippen molar-refractivity contribution in [3.05, 3.63) is 46.9 Å². The van der Waals surface area contributed by atoms with Crippen LogP contribution in [0.2, 0.25) is 0 Å². The van der Waals surface area contributed by atoms with Gasteiger partial charge < -0.3 is 19.2 Å². The zero-order valence-electron chi connectivity index (χ0n) is 15.8. The lowest BCUT2D eigenvalue weighted by Gasteiger charge is -2.09. The number of carbonyl (C=O) groups is 3. The molecule has 1 aliphatic carbocycles. The SMILES string of the molecule is COCCOC(=O)Nc1cccc(NC(=O)c2oc3c(c2C)C(=O)CCC3)c1. The molecule has 0 radical (unpaired) electrons. The molecule has 8 nitrogen and oxygen atoms in total. The van der Waals surface area contributed by atoms with E-state index in [1.165, 1.54) is 7.11 Å². The van der Waals surface area contributed by atoms with E-state index in [1.807, 2.05) is 0 Å². The fourth-order valence-corrected chi connectivity index (χ4v) is 3.10. The maximum Gasteiger partial charge on any atom is 0.411 e. The number of ether oxygens (including phenoxy) is 2. The summed E-state index contributed by atoms with van der Waals surface area (Å²) in [5.41, 5.74) is 2.03. The summed E-state index contributed by atoms with van der Waals surface area (Å²) < 4.78 is 15.4. The second kappa shape index (κ2) is 8.71. The molecule has 28 heavy (non-hydrogen) atoms. The zero-order valence-corrected chi connectivity index (χ0v) is 15.8. The van der Waals surface area contributed by atoms with E-state index in [0.29, 0.717) is 47.7 Å². The van der Waals surface area contributed by atoms with Gasteiger partial charge in [0.1, 0.15) is 12.4 Å². The normalized spacial score (nSPS) is 13.0. The van der Waals surface area contributed by atoms with Gasteiger partial charge in [0.2, 0.25) is 0 Å². The van der Waals surface area contributed by atoms with Gasteiger partial charge in [0.15, 0.2) is 11.5 Å². The number of methoxy groups -OCH3 is 1. The van der Waals surface area contributed by atoms with Crippen molar-refractivity contribution < 1.29 is 28.3 Å². The first-order valence-corrected chi connectivity index (χ1v) is 8.99. The van der Waals surface area contributed by atoms with Gasteiger partial charge in [-0.3, -0.25) is 14.9 Å². The number of furan rings is 1. The summed E-state index contributed by atoms with van der Waals surface area (Å²) in [4.78, 5) is 36.4. The Hall–Kier alpha value is -3.13. The molecule has 1 heterocycles. The maximum atomic E-state index is 12.6. The summed E-state index contributed by atoms with van der Waals surface area (Å²) in [5.74, 6) is 0.282. The van der Waals surface area contributed by atoms with Crippen LogP contribution in [0.15, 0.2) is 28.7 Å². The zero-order chi connectivity index (χ0) is 20.1. The van der Waals surface area contributed by atoms with Crippen LogP contribution in [0.5, 0.6) is 0 Å². The molecule has 0 unspecified atom stereocenters. The van der Waals surface area contributed by atoms with Crippen LogP contribution in [0.1, 0.15) is 45.1 Å². The Balaban J connectivity index is 1.68. The molecule has 0 saturated heterocycles. The van der Waals surface area contributed by atoms with E-state index in [0.717, 1.165) is 6.42 Å². The van der Waals surface area contributed by atoms with Gasteiger partial charge in [-0.2, -0.15) is 0 Å². The molecular formula is C20H22N2O6. The topological polar surface area (TPSA) is 107 Å². The lowest BCUT2D eigenvalue weighted by molar-refractivity contribution is 0.0963. The third-order valence-corrected chi connectivity index (χ3v) is 4.40. The molecule has 2 amide bonds. The number of benzene rings is 1. The predicted octanol–water partition coefficient (Wildman–Crippen LogP) is 3.55. The van der Waals surface area contributed by atoms with Gasteiger partial charge in [0.05, 0.1) is 12.2 Å². The number of hydrogen-bond donors (Lipinski definition) is 2. The number of rotatable bonds is 6. The van der Waals surface area contributed by atoms with Crippen molar-refractivity contribution in [3.63, 3.8) is 0 Å². The van der Waals surface area contributed by atoms with Crippen molar-refractivity contribution in [2.24, 2.45) is 0 Å². The third kappa shape index (κ3) is 4.40. The molecule has 0 spiro atoms. The Labute approximate surface area is 162 Å². The average Bonchev–Trinajstić information content (AvgIpc) is 3.00. The summed E-state index contributed by atoms with van der Waals surface area (Å²) in [6.07, 6.45) is 1.24. The van der Waals surface area contributed by atoms with Gasteiger partial charge in [-0.1, -0.05) is 6.07 Å². The van der Waals surface area contributed by atoms with Crippen molar-refractivity contribution in [2.45, 2.75) is 26.2 Å². The van der Waals surface area contributed by atoms with E-state index in [9.17, 15) is 14.4 Å². The second-order valence-electron chi connectivity index (χ2n) is 6.42. The number of anilines is 2. The average molecular weight is 386 g/mol. The van der Waals surface area contributed by atoms with Gasteiger partial charge >= 0.3 is 6.09 Å². The molecule has 0 bridgehead atoms. The highest BCUT2D eigenvalue weighted by atomic mass is 16.6. The van der Waals surface area contributed by atoms with Gasteiger partial charge in [-0.05, 0) is 31.5 Å². The van der Waals surface area contributed by atoms with Crippen molar-refractivity contribution in [3.8, 4) is 0 Å². The highest BCUT2D eigenvalue weighted by Gasteiger charge is 2.28. The molecule has 1 aromatic carbocycles. The van der Waals surface area contributed by atoms with Crippen LogP contribution in [0.4, 0.5) is 16.2 Å². The smallest absolute Gasteiger partial charge is 0.411 e. The lowest BCUT2D eigenvalue weighted by Crippen LogP contribution is -2.17. The lowest BCUT2D eigenvalue weighted by atomic mass is 9.94. The van der Waals surface area contributed by atoms with Crippen molar-refractivity contribution in [1.82, 2.24) is 0 Å². The van der Waals surface area contributed by atoms with Crippen molar-refractivity contribution in [1.29, 1.82) is 0 Å². The molecule has 3 rings (SSSR count). The predicted molar refractivity (Wildman–Crippen MR) is 102 cm³/mol. The van der Waals surface area contributed by atoms with Gasteiger partial charge in [-0.15, -0.1) is 0 Å². The summed E-state index contributed by atoms with van der Waals surface area (Å²) in [7, 11) is 1.51. The van der Waals surface area contributed by atoms with Crippen LogP contribution < -0.4 is 10.6 Å². The molecule has 1 aromatic heterocycles. The number of hydrogen-bond acceptors (Lipinski definition) is 6. The molecule has 2 N–H and O–H groups in total. The van der Waals surface area contributed by atoms with Crippen LogP contribution >= 0.6 is 0 Å². The first-order chi connectivity index (χ1) is 13.5. The Morgan fingerprint density at radius 2 is 1.89 bits per heavy atom. The minimum absolute atomic E-state index is 0.0136. The molecular weight excluding hydrogens is 364 g/mol. The van der Waals surface area contributed by atoms with E-state index in [1.54, 1.807) is 31.2 Å². The van der Waals surface area contributed by atoms with Gasteiger partial charge in [-0.25, -0.2) is 4.79 Å². The highest BCUT2D eigenvalue weighted by Crippen LogP contribution is 2.30. The van der Waals surface area contributed by atoms with Crippen LogP contribution in [-0.2, 0) is 15.9 Å². The summed E-state index contributed by atoms with van der Waals surface area (Å²) >= 11 is 0. The van der Waals surface area contributed by atoms with Crippen molar-refractivity contribution >= 4 is 29.2 Å². The van der Waals surface area contributed by atoms with Crippen LogP contribution in [0, 0.1) is 6.92 Å². The number of aryl methyl sites for hydroxylation is 1. The Bertz CT molecular complexity index is 902. The first-order valence-electron chi connectivity index (χ1n) is 8.99. The highest BCUT2D eigenvalue weighted by molar-refractivity contribution is 6.07. The second-order valence-corrected chi connectivity index (χ2v) is 6.42. The third-order valence-electron chi connectivity index (χ3n) is 4.40. The largest absolute Gasteiger partial charge is 0.455 e. The standard InChI is InChI=1S/C20H22N2O6/c1-12-17-15(23)7-4-8-16(17)28-18(12)19(24)21-13-5-3-6-14(11-13)22-20(25)27-10-9-26-2/h3,5-6,11H,4,7-10H2,1-2H3,(H,21,24)(H,22,25).